The molecule has 0 radical (unpaired) electrons. The Balaban J connectivity index is 3.06. The molecule has 0 aliphatic rings. The highest BCUT2D eigenvalue weighted by atomic mass is 16.5. The first kappa shape index (κ1) is 14.2. The van der Waals surface area contributed by atoms with E-state index in [-0.39, 0.29) is 11.6 Å². The summed E-state index contributed by atoms with van der Waals surface area (Å²) in [5, 5.41) is 7.78. The van der Waals surface area contributed by atoms with Gasteiger partial charge in [-0.25, -0.2) is 0 Å². The first-order valence-corrected chi connectivity index (χ1v) is 6.40. The molecule has 0 amide bonds. The average molecular weight is 239 g/mol. The molecule has 0 saturated heterocycles. The predicted octanol–water partition coefficient (Wildman–Crippen LogP) is 2.28. The summed E-state index contributed by atoms with van der Waals surface area (Å²) in [6, 6.07) is 0.196. The molecule has 0 aromatic carbocycles. The molecule has 0 fully saturated rings. The molecule has 4 heteroatoms. The van der Waals surface area contributed by atoms with E-state index in [1.807, 2.05) is 17.9 Å². The summed E-state index contributed by atoms with van der Waals surface area (Å²) in [5.41, 5.74) is 1.04. The fraction of sp³-hybridized carbons (Fsp3) is 0.769. The van der Waals surface area contributed by atoms with Crippen LogP contribution < -0.4 is 5.32 Å². The standard InChI is InChI=1S/C13H25N3O/c1-6-13(7-2,17-5)12(14-8-3)11-9-15-16(4)10-11/h9-10,12,14H,6-8H2,1-5H3. The molecule has 1 aromatic rings. The summed E-state index contributed by atoms with van der Waals surface area (Å²) in [7, 11) is 3.74. The molecule has 4 nitrogen and oxygen atoms in total. The quantitative estimate of drug-likeness (QED) is 0.793. The Kier molecular flexibility index (Phi) is 5.15. The number of ether oxygens (including phenoxy) is 1. The second kappa shape index (κ2) is 6.17. The summed E-state index contributed by atoms with van der Waals surface area (Å²) in [6.45, 7) is 7.39. The van der Waals surface area contributed by atoms with E-state index < -0.39 is 0 Å². The highest BCUT2D eigenvalue weighted by molar-refractivity contribution is 5.16. The van der Waals surface area contributed by atoms with Gasteiger partial charge >= 0.3 is 0 Å². The highest BCUT2D eigenvalue weighted by Crippen LogP contribution is 2.34. The van der Waals surface area contributed by atoms with Crippen molar-refractivity contribution in [1.82, 2.24) is 15.1 Å². The zero-order chi connectivity index (χ0) is 12.9. The van der Waals surface area contributed by atoms with Crippen molar-refractivity contribution in [1.29, 1.82) is 0 Å². The third kappa shape index (κ3) is 2.87. The number of nitrogens with one attached hydrogen (secondary N) is 1. The van der Waals surface area contributed by atoms with Gasteiger partial charge in [0.1, 0.15) is 0 Å². The van der Waals surface area contributed by atoms with Gasteiger partial charge < -0.3 is 10.1 Å². The highest BCUT2D eigenvalue weighted by Gasteiger charge is 2.36. The van der Waals surface area contributed by atoms with Crippen LogP contribution in [0.3, 0.4) is 0 Å². The lowest BCUT2D eigenvalue weighted by Gasteiger charge is -2.38. The van der Waals surface area contributed by atoms with Crippen LogP contribution >= 0.6 is 0 Å². The molecule has 0 aliphatic heterocycles. The SMILES string of the molecule is CCNC(c1cnn(C)c1)C(CC)(CC)OC. The van der Waals surface area contributed by atoms with E-state index in [1.54, 1.807) is 7.11 Å². The number of aryl methyl sites for hydroxylation is 1. The van der Waals surface area contributed by atoms with Crippen molar-refractivity contribution in [2.24, 2.45) is 7.05 Å². The van der Waals surface area contributed by atoms with Gasteiger partial charge in [0.25, 0.3) is 0 Å². The van der Waals surface area contributed by atoms with Crippen molar-refractivity contribution in [2.45, 2.75) is 45.3 Å². The van der Waals surface area contributed by atoms with Crippen LogP contribution in [-0.4, -0.2) is 29.0 Å². The molecule has 1 atom stereocenters. The number of methoxy groups -OCH3 is 1. The van der Waals surface area contributed by atoms with Crippen LogP contribution in [0.4, 0.5) is 0 Å². The van der Waals surface area contributed by atoms with Gasteiger partial charge in [0.2, 0.25) is 0 Å². The Morgan fingerprint density at radius 2 is 2.06 bits per heavy atom. The number of nitrogens with zero attached hydrogens (tertiary/aromatic N) is 2. The second-order valence-corrected chi connectivity index (χ2v) is 4.41. The van der Waals surface area contributed by atoms with Gasteiger partial charge in [-0.15, -0.1) is 0 Å². The lowest BCUT2D eigenvalue weighted by atomic mass is 9.85. The Bertz CT molecular complexity index is 323. The van der Waals surface area contributed by atoms with E-state index in [4.69, 9.17) is 4.74 Å². The first-order chi connectivity index (χ1) is 8.13. The zero-order valence-electron chi connectivity index (χ0n) is 11.7. The Morgan fingerprint density at radius 1 is 1.41 bits per heavy atom. The Morgan fingerprint density at radius 3 is 2.41 bits per heavy atom. The predicted molar refractivity (Wildman–Crippen MR) is 69.9 cm³/mol. The van der Waals surface area contributed by atoms with Crippen LogP contribution in [0, 0.1) is 0 Å². The maximum Gasteiger partial charge on any atom is 0.0868 e. The molecule has 0 spiro atoms. The van der Waals surface area contributed by atoms with E-state index in [1.165, 1.54) is 5.56 Å². The van der Waals surface area contributed by atoms with E-state index in [0.29, 0.717) is 0 Å². The summed E-state index contributed by atoms with van der Waals surface area (Å²) in [5.74, 6) is 0. The molecule has 17 heavy (non-hydrogen) atoms. The van der Waals surface area contributed by atoms with Gasteiger partial charge in [0.05, 0.1) is 17.8 Å². The van der Waals surface area contributed by atoms with Gasteiger partial charge in [-0.2, -0.15) is 5.10 Å². The normalized spacial score (nSPS) is 13.9. The largest absolute Gasteiger partial charge is 0.376 e. The lowest BCUT2D eigenvalue weighted by molar-refractivity contribution is -0.0482. The van der Waals surface area contributed by atoms with Crippen LogP contribution in [0.15, 0.2) is 12.4 Å². The van der Waals surface area contributed by atoms with Gasteiger partial charge in [-0.1, -0.05) is 20.8 Å². The van der Waals surface area contributed by atoms with Gasteiger partial charge in [0, 0.05) is 25.9 Å². The summed E-state index contributed by atoms with van der Waals surface area (Å²) in [4.78, 5) is 0. The maximum atomic E-state index is 5.82. The average Bonchev–Trinajstić information content (AvgIpc) is 2.77. The fourth-order valence-corrected chi connectivity index (χ4v) is 2.47. The Labute approximate surface area is 104 Å². The van der Waals surface area contributed by atoms with Crippen molar-refractivity contribution >= 4 is 0 Å². The molecule has 1 N–H and O–H groups in total. The maximum absolute atomic E-state index is 5.82. The third-order valence-electron chi connectivity index (χ3n) is 3.60. The van der Waals surface area contributed by atoms with Crippen LogP contribution in [0.1, 0.15) is 45.2 Å². The first-order valence-electron chi connectivity index (χ1n) is 6.40. The molecule has 0 aliphatic carbocycles. The van der Waals surface area contributed by atoms with Crippen LogP contribution in [0.25, 0.3) is 0 Å². The van der Waals surface area contributed by atoms with Crippen LogP contribution in [0.5, 0.6) is 0 Å². The van der Waals surface area contributed by atoms with Crippen LogP contribution in [-0.2, 0) is 11.8 Å². The molecule has 0 bridgehead atoms. The second-order valence-electron chi connectivity index (χ2n) is 4.41. The smallest absolute Gasteiger partial charge is 0.0868 e. The number of hydrogen-bond acceptors (Lipinski definition) is 3. The van der Waals surface area contributed by atoms with E-state index >= 15 is 0 Å². The molecule has 98 valence electrons. The molecule has 1 unspecified atom stereocenters. The monoisotopic (exact) mass is 239 g/mol. The minimum atomic E-state index is -0.154. The summed E-state index contributed by atoms with van der Waals surface area (Å²) >= 11 is 0. The number of hydrogen-bond donors (Lipinski definition) is 1. The van der Waals surface area contributed by atoms with Gasteiger partial charge in [0.15, 0.2) is 0 Å². The summed E-state index contributed by atoms with van der Waals surface area (Å²) < 4.78 is 7.65. The van der Waals surface area contributed by atoms with Crippen molar-refractivity contribution in [3.8, 4) is 0 Å². The third-order valence-corrected chi connectivity index (χ3v) is 3.60. The van der Waals surface area contributed by atoms with Gasteiger partial charge in [-0.05, 0) is 19.4 Å². The number of aromatic nitrogens is 2. The minimum absolute atomic E-state index is 0.154. The number of likely N-dealkylation sites (N-methyl/N-ethyl adjacent to an activating group) is 1. The fourth-order valence-electron chi connectivity index (χ4n) is 2.47. The topological polar surface area (TPSA) is 39.1 Å². The van der Waals surface area contributed by atoms with Crippen molar-refractivity contribution in [3.05, 3.63) is 18.0 Å². The van der Waals surface area contributed by atoms with Crippen molar-refractivity contribution in [3.63, 3.8) is 0 Å². The minimum Gasteiger partial charge on any atom is -0.376 e. The zero-order valence-corrected chi connectivity index (χ0v) is 11.7. The van der Waals surface area contributed by atoms with Crippen molar-refractivity contribution < 1.29 is 4.74 Å². The van der Waals surface area contributed by atoms with Crippen molar-refractivity contribution in [2.75, 3.05) is 13.7 Å². The van der Waals surface area contributed by atoms with E-state index in [0.717, 1.165) is 19.4 Å². The Hall–Kier alpha value is -0.870. The lowest BCUT2D eigenvalue weighted by Crippen LogP contribution is -2.44. The van der Waals surface area contributed by atoms with E-state index in [9.17, 15) is 0 Å². The molecular weight excluding hydrogens is 214 g/mol. The van der Waals surface area contributed by atoms with Crippen LogP contribution in [0.2, 0.25) is 0 Å². The molecule has 1 rings (SSSR count). The summed E-state index contributed by atoms with van der Waals surface area (Å²) in [6.07, 6.45) is 5.94. The molecule has 1 heterocycles. The molecular formula is C13H25N3O. The molecule has 0 saturated carbocycles. The molecule has 1 aromatic heterocycles. The van der Waals surface area contributed by atoms with Gasteiger partial charge in [-0.3, -0.25) is 4.68 Å². The van der Waals surface area contributed by atoms with E-state index in [2.05, 4.69) is 37.4 Å². The number of rotatable bonds is 7.